The number of aliphatic hydroxyl groups excluding tert-OH is 1. The van der Waals surface area contributed by atoms with Gasteiger partial charge in [0.15, 0.2) is 0 Å². The molecule has 0 spiro atoms. The Labute approximate surface area is 48.5 Å². The highest BCUT2D eigenvalue weighted by atomic mass is 35.5. The Morgan fingerprint density at radius 2 is 2.43 bits per heavy atom. The van der Waals surface area contributed by atoms with E-state index in [4.69, 9.17) is 16.7 Å². The quantitative estimate of drug-likeness (QED) is 0.510. The van der Waals surface area contributed by atoms with Crippen LogP contribution in [-0.4, -0.2) is 30.7 Å². The van der Waals surface area contributed by atoms with Gasteiger partial charge in [0.1, 0.15) is 0 Å². The van der Waals surface area contributed by atoms with Gasteiger partial charge in [0.25, 0.3) is 0 Å². The highest BCUT2D eigenvalue weighted by Gasteiger charge is 1.95. The fourth-order valence-electron chi connectivity index (χ4n) is 0.290. The summed E-state index contributed by atoms with van der Waals surface area (Å²) in [5, 5.41) is 11.4. The minimum absolute atomic E-state index is 0.306. The summed E-state index contributed by atoms with van der Waals surface area (Å²) in [5.74, 6) is 0.306. The van der Waals surface area contributed by atoms with Crippen LogP contribution in [0.4, 0.5) is 0 Å². The van der Waals surface area contributed by atoms with Crippen LogP contribution < -0.4 is 5.32 Å². The van der Waals surface area contributed by atoms with Crippen molar-refractivity contribution < 1.29 is 5.11 Å². The van der Waals surface area contributed by atoms with Crippen molar-refractivity contribution in [3.8, 4) is 0 Å². The standard InChI is InChI=1S/C4H10ClNO/c1-6-3-4(7)2-5/h4,6-7H,2-3H2,1H3. The number of likely N-dealkylation sites (N-methyl/N-ethyl adjacent to an activating group) is 1. The summed E-state index contributed by atoms with van der Waals surface area (Å²) in [4.78, 5) is 0. The largest absolute Gasteiger partial charge is 0.391 e. The van der Waals surface area contributed by atoms with Crippen LogP contribution in [0, 0.1) is 0 Å². The Kier molecular flexibility index (Phi) is 4.50. The Morgan fingerprint density at radius 3 is 2.57 bits per heavy atom. The van der Waals surface area contributed by atoms with Gasteiger partial charge in [-0.05, 0) is 7.05 Å². The number of alkyl halides is 1. The SMILES string of the molecule is CNCC(O)CCl. The molecule has 2 N–H and O–H groups in total. The first-order valence-electron chi connectivity index (χ1n) is 2.20. The Morgan fingerprint density at radius 1 is 1.86 bits per heavy atom. The van der Waals surface area contributed by atoms with Gasteiger partial charge in [-0.3, -0.25) is 0 Å². The van der Waals surface area contributed by atoms with Crippen molar-refractivity contribution in [2.24, 2.45) is 0 Å². The van der Waals surface area contributed by atoms with Crippen LogP contribution in [0.25, 0.3) is 0 Å². The van der Waals surface area contributed by atoms with Gasteiger partial charge in [-0.1, -0.05) is 0 Å². The molecule has 3 heteroatoms. The van der Waals surface area contributed by atoms with Crippen molar-refractivity contribution in [3.63, 3.8) is 0 Å². The molecule has 0 amide bonds. The maximum absolute atomic E-state index is 8.66. The van der Waals surface area contributed by atoms with Gasteiger partial charge < -0.3 is 10.4 Å². The first-order chi connectivity index (χ1) is 3.31. The predicted octanol–water partition coefficient (Wildman–Crippen LogP) is -0.195. The van der Waals surface area contributed by atoms with Gasteiger partial charge in [0.2, 0.25) is 0 Å². The fourth-order valence-corrected chi connectivity index (χ4v) is 0.399. The molecule has 0 saturated carbocycles. The van der Waals surface area contributed by atoms with Crippen molar-refractivity contribution >= 4 is 11.6 Å². The number of hydrogen-bond acceptors (Lipinski definition) is 2. The average molecular weight is 124 g/mol. The van der Waals surface area contributed by atoms with E-state index in [1.165, 1.54) is 0 Å². The van der Waals surface area contributed by atoms with E-state index in [1.54, 1.807) is 7.05 Å². The minimum Gasteiger partial charge on any atom is -0.391 e. The van der Waals surface area contributed by atoms with Gasteiger partial charge >= 0.3 is 0 Å². The number of hydrogen-bond donors (Lipinski definition) is 2. The lowest BCUT2D eigenvalue weighted by atomic mass is 10.4. The molecule has 44 valence electrons. The molecule has 0 saturated heterocycles. The summed E-state index contributed by atoms with van der Waals surface area (Å²) >= 11 is 5.24. The predicted molar refractivity (Wildman–Crippen MR) is 30.7 cm³/mol. The highest BCUT2D eigenvalue weighted by Crippen LogP contribution is 1.82. The molecule has 0 aliphatic carbocycles. The molecule has 7 heavy (non-hydrogen) atoms. The molecule has 1 atom stereocenters. The molecular weight excluding hydrogens is 114 g/mol. The van der Waals surface area contributed by atoms with Crippen LogP contribution >= 0.6 is 11.6 Å². The number of aliphatic hydroxyl groups is 1. The molecule has 0 aromatic carbocycles. The summed E-state index contributed by atoms with van der Waals surface area (Å²) in [6.07, 6.45) is -0.397. The summed E-state index contributed by atoms with van der Waals surface area (Å²) in [6, 6.07) is 0. The Bertz CT molecular complexity index is 42.7. The van der Waals surface area contributed by atoms with Crippen LogP contribution in [-0.2, 0) is 0 Å². The molecule has 0 aliphatic rings. The van der Waals surface area contributed by atoms with Crippen molar-refractivity contribution in [2.75, 3.05) is 19.5 Å². The molecule has 0 aromatic heterocycles. The number of rotatable bonds is 3. The third-order valence-electron chi connectivity index (χ3n) is 0.618. The van der Waals surface area contributed by atoms with E-state index in [2.05, 4.69) is 5.32 Å². The molecule has 0 fully saturated rings. The van der Waals surface area contributed by atoms with Gasteiger partial charge in [0.05, 0.1) is 6.10 Å². The molecule has 1 unspecified atom stereocenters. The second kappa shape index (κ2) is 4.37. The van der Waals surface area contributed by atoms with E-state index in [0.29, 0.717) is 12.4 Å². The lowest BCUT2D eigenvalue weighted by Crippen LogP contribution is -2.24. The van der Waals surface area contributed by atoms with E-state index in [-0.39, 0.29) is 0 Å². The smallest absolute Gasteiger partial charge is 0.0799 e. The average Bonchev–Trinajstić information content (AvgIpc) is 1.68. The maximum atomic E-state index is 8.66. The maximum Gasteiger partial charge on any atom is 0.0799 e. The van der Waals surface area contributed by atoms with Crippen LogP contribution in [0.2, 0.25) is 0 Å². The zero-order valence-corrected chi connectivity index (χ0v) is 5.07. The second-order valence-corrected chi connectivity index (χ2v) is 1.67. The van der Waals surface area contributed by atoms with E-state index in [0.717, 1.165) is 0 Å². The van der Waals surface area contributed by atoms with Crippen LogP contribution in [0.3, 0.4) is 0 Å². The summed E-state index contributed by atoms with van der Waals surface area (Å²) < 4.78 is 0. The lowest BCUT2D eigenvalue weighted by molar-refractivity contribution is 0.197. The van der Waals surface area contributed by atoms with Crippen molar-refractivity contribution in [1.29, 1.82) is 0 Å². The molecule has 0 bridgehead atoms. The lowest BCUT2D eigenvalue weighted by Gasteiger charge is -2.02. The second-order valence-electron chi connectivity index (χ2n) is 1.37. The molecular formula is C4H10ClNO. The fraction of sp³-hybridized carbons (Fsp3) is 1.00. The summed E-state index contributed by atoms with van der Waals surface area (Å²) in [6.45, 7) is 0.573. The van der Waals surface area contributed by atoms with E-state index in [9.17, 15) is 0 Å². The molecule has 0 aliphatic heterocycles. The van der Waals surface area contributed by atoms with Gasteiger partial charge in [-0.15, -0.1) is 11.6 Å². The molecule has 0 radical (unpaired) electrons. The van der Waals surface area contributed by atoms with Crippen molar-refractivity contribution in [2.45, 2.75) is 6.10 Å². The minimum atomic E-state index is -0.397. The highest BCUT2D eigenvalue weighted by molar-refractivity contribution is 6.18. The normalized spacial score (nSPS) is 14.1. The Hall–Kier alpha value is 0.210. The number of nitrogens with one attached hydrogen (secondary N) is 1. The molecule has 0 rings (SSSR count). The van der Waals surface area contributed by atoms with E-state index < -0.39 is 6.10 Å². The van der Waals surface area contributed by atoms with Crippen LogP contribution in [0.5, 0.6) is 0 Å². The summed E-state index contributed by atoms with van der Waals surface area (Å²) in [5.41, 5.74) is 0. The Balaban J connectivity index is 2.83. The molecule has 0 aromatic rings. The first kappa shape index (κ1) is 7.21. The first-order valence-corrected chi connectivity index (χ1v) is 2.73. The third kappa shape index (κ3) is 4.05. The van der Waals surface area contributed by atoms with Crippen molar-refractivity contribution in [1.82, 2.24) is 5.32 Å². The zero-order valence-electron chi connectivity index (χ0n) is 4.32. The topological polar surface area (TPSA) is 32.3 Å². The van der Waals surface area contributed by atoms with Crippen LogP contribution in [0.1, 0.15) is 0 Å². The zero-order chi connectivity index (χ0) is 5.70. The molecule has 2 nitrogen and oxygen atoms in total. The third-order valence-corrected chi connectivity index (χ3v) is 0.974. The van der Waals surface area contributed by atoms with E-state index in [1.807, 2.05) is 0 Å². The van der Waals surface area contributed by atoms with Gasteiger partial charge in [0, 0.05) is 12.4 Å². The van der Waals surface area contributed by atoms with Gasteiger partial charge in [-0.25, -0.2) is 0 Å². The number of halogens is 1. The molecule has 0 heterocycles. The monoisotopic (exact) mass is 123 g/mol. The van der Waals surface area contributed by atoms with Gasteiger partial charge in [-0.2, -0.15) is 0 Å². The van der Waals surface area contributed by atoms with E-state index >= 15 is 0 Å². The van der Waals surface area contributed by atoms with Crippen molar-refractivity contribution in [3.05, 3.63) is 0 Å². The van der Waals surface area contributed by atoms with Crippen LogP contribution in [0.15, 0.2) is 0 Å². The summed E-state index contributed by atoms with van der Waals surface area (Å²) in [7, 11) is 1.77.